The number of nitrogens with one attached hydrogen (secondary N) is 2. The summed E-state index contributed by atoms with van der Waals surface area (Å²) in [5, 5.41) is 2.02. The molecule has 18 heavy (non-hydrogen) atoms. The lowest BCUT2D eigenvalue weighted by Gasteiger charge is -2.20. The molecule has 0 saturated carbocycles. The molecule has 0 unspecified atom stereocenters. The van der Waals surface area contributed by atoms with Crippen molar-refractivity contribution >= 4 is 23.1 Å². The second kappa shape index (κ2) is 4.33. The second-order valence-electron chi connectivity index (χ2n) is 4.53. The zero-order valence-electron chi connectivity index (χ0n) is 10.7. The lowest BCUT2D eigenvalue weighted by Crippen LogP contribution is -2.27. The average molecular weight is 243 g/mol. The van der Waals surface area contributed by atoms with E-state index in [2.05, 4.69) is 40.3 Å². The fraction of sp³-hybridized carbons (Fsp3) is 0.385. The third-order valence-electron chi connectivity index (χ3n) is 3.31. The molecule has 0 aliphatic carbocycles. The molecule has 5 heteroatoms. The van der Waals surface area contributed by atoms with E-state index in [1.165, 1.54) is 11.1 Å². The number of rotatable bonds is 3. The molecule has 0 radical (unpaired) electrons. The fourth-order valence-corrected chi connectivity index (χ4v) is 2.42. The van der Waals surface area contributed by atoms with Gasteiger partial charge in [-0.25, -0.2) is 4.98 Å². The molecule has 0 amide bonds. The number of hydrogen-bond donors (Lipinski definition) is 2. The summed E-state index contributed by atoms with van der Waals surface area (Å²) in [7, 11) is 0. The van der Waals surface area contributed by atoms with Crippen LogP contribution in [0, 0.1) is 6.92 Å². The Labute approximate surface area is 106 Å². The van der Waals surface area contributed by atoms with Gasteiger partial charge in [0.2, 0.25) is 0 Å². The summed E-state index contributed by atoms with van der Waals surface area (Å²) in [5.41, 5.74) is 9.21. The summed E-state index contributed by atoms with van der Waals surface area (Å²) < 4.78 is 0. The molecule has 0 atom stereocenters. The van der Waals surface area contributed by atoms with Crippen LogP contribution in [0.2, 0.25) is 0 Å². The molecular weight excluding hydrogens is 226 g/mol. The van der Waals surface area contributed by atoms with Crippen LogP contribution in [0.25, 0.3) is 11.0 Å². The van der Waals surface area contributed by atoms with E-state index in [4.69, 9.17) is 0 Å². The van der Waals surface area contributed by atoms with E-state index in [1.54, 1.807) is 6.33 Å². The molecule has 1 aromatic heterocycles. The summed E-state index contributed by atoms with van der Waals surface area (Å²) >= 11 is 0. The standard InChI is InChI=1S/C13H17N5/c1-3-10-11(17-18-5-4-14-8-18)6-9(2)12-13(10)16-7-15-12/h6-8,17H,3-5H2,1-2H3,(H,15,16). The van der Waals surface area contributed by atoms with Gasteiger partial charge in [-0.05, 0) is 25.0 Å². The number of fused-ring (bicyclic) bond motifs is 1. The van der Waals surface area contributed by atoms with E-state index >= 15 is 0 Å². The number of benzene rings is 1. The Morgan fingerprint density at radius 1 is 1.50 bits per heavy atom. The smallest absolute Gasteiger partial charge is 0.104 e. The molecule has 1 aliphatic heterocycles. The maximum absolute atomic E-state index is 4.38. The molecule has 0 fully saturated rings. The molecule has 0 bridgehead atoms. The minimum absolute atomic E-state index is 0.861. The van der Waals surface area contributed by atoms with Gasteiger partial charge in [-0.1, -0.05) is 6.92 Å². The van der Waals surface area contributed by atoms with Gasteiger partial charge in [0.1, 0.15) is 6.34 Å². The van der Waals surface area contributed by atoms with Crippen molar-refractivity contribution in [1.29, 1.82) is 0 Å². The highest BCUT2D eigenvalue weighted by atomic mass is 15.5. The number of aryl methyl sites for hydroxylation is 2. The van der Waals surface area contributed by atoms with E-state index in [9.17, 15) is 0 Å². The number of H-pyrrole nitrogens is 1. The molecule has 2 aromatic rings. The molecular formula is C13H17N5. The Hall–Kier alpha value is -2.04. The van der Waals surface area contributed by atoms with Crippen molar-refractivity contribution in [2.24, 2.45) is 4.99 Å². The largest absolute Gasteiger partial charge is 0.344 e. The van der Waals surface area contributed by atoms with Gasteiger partial charge in [-0.15, -0.1) is 0 Å². The Balaban J connectivity index is 2.06. The number of aromatic amines is 1. The molecule has 94 valence electrons. The second-order valence-corrected chi connectivity index (χ2v) is 4.53. The fourth-order valence-electron chi connectivity index (χ4n) is 2.42. The van der Waals surface area contributed by atoms with Gasteiger partial charge in [0.25, 0.3) is 0 Å². The van der Waals surface area contributed by atoms with Gasteiger partial charge < -0.3 is 4.98 Å². The average Bonchev–Trinajstić information content (AvgIpc) is 3.00. The zero-order valence-corrected chi connectivity index (χ0v) is 10.7. The van der Waals surface area contributed by atoms with Crippen molar-refractivity contribution in [2.45, 2.75) is 20.3 Å². The number of imidazole rings is 1. The number of nitrogens with zero attached hydrogens (tertiary/aromatic N) is 3. The summed E-state index contributed by atoms with van der Waals surface area (Å²) in [5.74, 6) is 0. The quantitative estimate of drug-likeness (QED) is 0.868. The Kier molecular flexibility index (Phi) is 2.66. The van der Waals surface area contributed by atoms with Gasteiger partial charge in [0.15, 0.2) is 0 Å². The summed E-state index contributed by atoms with van der Waals surface area (Å²) in [6, 6.07) is 2.16. The lowest BCUT2D eigenvalue weighted by atomic mass is 10.0. The first-order valence-electron chi connectivity index (χ1n) is 6.28. The van der Waals surface area contributed by atoms with Crippen LogP contribution >= 0.6 is 0 Å². The van der Waals surface area contributed by atoms with Crippen molar-refractivity contribution < 1.29 is 0 Å². The highest BCUT2D eigenvalue weighted by Crippen LogP contribution is 2.28. The van der Waals surface area contributed by atoms with Gasteiger partial charge in [0.05, 0.1) is 36.1 Å². The van der Waals surface area contributed by atoms with Crippen LogP contribution in [0.4, 0.5) is 5.69 Å². The maximum Gasteiger partial charge on any atom is 0.104 e. The van der Waals surface area contributed by atoms with Crippen molar-refractivity contribution in [2.75, 3.05) is 18.5 Å². The number of hydrogen-bond acceptors (Lipinski definition) is 4. The normalized spacial score (nSPS) is 14.7. The van der Waals surface area contributed by atoms with Crippen molar-refractivity contribution in [1.82, 2.24) is 15.0 Å². The van der Waals surface area contributed by atoms with Crippen molar-refractivity contribution in [3.05, 3.63) is 23.5 Å². The predicted molar refractivity (Wildman–Crippen MR) is 73.9 cm³/mol. The molecule has 0 saturated heterocycles. The highest BCUT2D eigenvalue weighted by molar-refractivity contribution is 5.87. The first-order valence-corrected chi connectivity index (χ1v) is 6.28. The number of hydrazine groups is 1. The van der Waals surface area contributed by atoms with Crippen LogP contribution in [-0.2, 0) is 6.42 Å². The predicted octanol–water partition coefficient (Wildman–Crippen LogP) is 2.10. The van der Waals surface area contributed by atoms with E-state index in [-0.39, 0.29) is 0 Å². The third-order valence-corrected chi connectivity index (χ3v) is 3.31. The lowest BCUT2D eigenvalue weighted by molar-refractivity contribution is 0.556. The third kappa shape index (κ3) is 1.72. The van der Waals surface area contributed by atoms with Crippen LogP contribution in [0.1, 0.15) is 18.1 Å². The van der Waals surface area contributed by atoms with E-state index < -0.39 is 0 Å². The summed E-state index contributed by atoms with van der Waals surface area (Å²) in [6.45, 7) is 6.03. The SMILES string of the molecule is CCc1c(NN2C=NCC2)cc(C)c2nc[nH]c12. The van der Waals surface area contributed by atoms with Crippen molar-refractivity contribution in [3.8, 4) is 0 Å². The van der Waals surface area contributed by atoms with Crippen molar-refractivity contribution in [3.63, 3.8) is 0 Å². The van der Waals surface area contributed by atoms with Gasteiger partial charge >= 0.3 is 0 Å². The van der Waals surface area contributed by atoms with Crippen LogP contribution in [-0.4, -0.2) is 34.4 Å². The monoisotopic (exact) mass is 243 g/mol. The summed E-state index contributed by atoms with van der Waals surface area (Å²) in [6.07, 6.45) is 4.58. The molecule has 1 aliphatic rings. The minimum atomic E-state index is 0.861. The van der Waals surface area contributed by atoms with E-state index in [0.29, 0.717) is 0 Å². The zero-order chi connectivity index (χ0) is 12.5. The van der Waals surface area contributed by atoms with Gasteiger partial charge in [0, 0.05) is 5.56 Å². The molecule has 2 N–H and O–H groups in total. The number of aromatic nitrogens is 2. The molecule has 0 spiro atoms. The van der Waals surface area contributed by atoms with Crippen LogP contribution in [0.5, 0.6) is 0 Å². The first kappa shape index (κ1) is 11.1. The molecule has 5 nitrogen and oxygen atoms in total. The van der Waals surface area contributed by atoms with E-state index in [1.807, 2.05) is 11.3 Å². The Morgan fingerprint density at radius 2 is 2.39 bits per heavy atom. The number of anilines is 1. The molecule has 2 heterocycles. The Morgan fingerprint density at radius 3 is 3.11 bits per heavy atom. The Bertz CT molecular complexity index is 599. The maximum atomic E-state index is 4.38. The number of aliphatic imine (C=N–C) groups is 1. The van der Waals surface area contributed by atoms with Gasteiger partial charge in [-0.2, -0.15) is 0 Å². The summed E-state index contributed by atoms with van der Waals surface area (Å²) in [4.78, 5) is 11.8. The highest BCUT2D eigenvalue weighted by Gasteiger charge is 2.13. The first-order chi connectivity index (χ1) is 8.79. The van der Waals surface area contributed by atoms with Gasteiger partial charge in [-0.3, -0.25) is 15.4 Å². The van der Waals surface area contributed by atoms with E-state index in [0.717, 1.165) is 36.2 Å². The van der Waals surface area contributed by atoms with Crippen LogP contribution in [0.3, 0.4) is 0 Å². The minimum Gasteiger partial charge on any atom is -0.344 e. The topological polar surface area (TPSA) is 56.3 Å². The van der Waals surface area contributed by atoms with Crippen LogP contribution < -0.4 is 5.43 Å². The van der Waals surface area contributed by atoms with Crippen LogP contribution in [0.15, 0.2) is 17.4 Å². The molecule has 1 aromatic carbocycles. The molecule has 3 rings (SSSR count).